The van der Waals surface area contributed by atoms with Crippen molar-refractivity contribution in [3.8, 4) is 11.5 Å². The van der Waals surface area contributed by atoms with Crippen LogP contribution in [0, 0.1) is 0 Å². The van der Waals surface area contributed by atoms with E-state index in [1.807, 2.05) is 37.3 Å². The first-order chi connectivity index (χ1) is 9.29. The van der Waals surface area contributed by atoms with Crippen LogP contribution in [-0.4, -0.2) is 28.0 Å². The molecule has 2 aromatic rings. The minimum absolute atomic E-state index is 0.241. The quantitative estimate of drug-likeness (QED) is 0.746. The second kappa shape index (κ2) is 7.01. The molecule has 5 heteroatoms. The second-order valence-electron chi connectivity index (χ2n) is 4.39. The van der Waals surface area contributed by atoms with E-state index >= 15 is 0 Å². The molecular weight excluding hydrogens is 242 g/mol. The Bertz CT molecular complexity index is 484. The Morgan fingerprint density at radius 3 is 2.79 bits per heavy atom. The predicted octanol–water partition coefficient (Wildman–Crippen LogP) is 1.99. The summed E-state index contributed by atoms with van der Waals surface area (Å²) in [7, 11) is 0. The molecule has 0 aliphatic carbocycles. The minimum Gasteiger partial charge on any atom is -0.419 e. The average molecular weight is 261 g/mol. The molecule has 2 rings (SSSR count). The minimum atomic E-state index is -0.241. The fraction of sp³-hybridized carbons (Fsp3) is 0.429. The lowest BCUT2D eigenvalue weighted by Gasteiger charge is -2.06. The van der Waals surface area contributed by atoms with Gasteiger partial charge in [0.2, 0.25) is 11.8 Å². The molecule has 0 fully saturated rings. The standard InChI is InChI=1S/C14H19N3O2/c1-2-12(18)8-9-15-10-13-16-17-14(19-13)11-6-4-3-5-7-11/h3-7,12,15,18H,2,8-10H2,1H3. The highest BCUT2D eigenvalue weighted by molar-refractivity contribution is 5.51. The van der Waals surface area contributed by atoms with Gasteiger partial charge in [0.1, 0.15) is 0 Å². The van der Waals surface area contributed by atoms with Crippen LogP contribution in [0.3, 0.4) is 0 Å². The largest absolute Gasteiger partial charge is 0.419 e. The molecule has 0 spiro atoms. The number of nitrogens with one attached hydrogen (secondary N) is 1. The van der Waals surface area contributed by atoms with Crippen molar-refractivity contribution in [3.05, 3.63) is 36.2 Å². The van der Waals surface area contributed by atoms with Crippen molar-refractivity contribution in [1.29, 1.82) is 0 Å². The van der Waals surface area contributed by atoms with E-state index < -0.39 is 0 Å². The van der Waals surface area contributed by atoms with Gasteiger partial charge in [0.25, 0.3) is 0 Å². The van der Waals surface area contributed by atoms with E-state index in [1.165, 1.54) is 0 Å². The van der Waals surface area contributed by atoms with E-state index in [2.05, 4.69) is 15.5 Å². The summed E-state index contributed by atoms with van der Waals surface area (Å²) < 4.78 is 5.56. The molecule has 19 heavy (non-hydrogen) atoms. The SMILES string of the molecule is CCC(O)CCNCc1nnc(-c2ccccc2)o1. The van der Waals surface area contributed by atoms with Gasteiger partial charge in [0.05, 0.1) is 12.6 Å². The zero-order valence-corrected chi connectivity index (χ0v) is 11.0. The summed E-state index contributed by atoms with van der Waals surface area (Å²) >= 11 is 0. The van der Waals surface area contributed by atoms with Crippen LogP contribution in [0.1, 0.15) is 25.7 Å². The molecule has 102 valence electrons. The Kier molecular flexibility index (Phi) is 5.06. The highest BCUT2D eigenvalue weighted by Crippen LogP contribution is 2.16. The van der Waals surface area contributed by atoms with Gasteiger partial charge in [-0.05, 0) is 31.5 Å². The topological polar surface area (TPSA) is 71.2 Å². The van der Waals surface area contributed by atoms with Crippen LogP contribution in [0.5, 0.6) is 0 Å². The van der Waals surface area contributed by atoms with Crippen molar-refractivity contribution in [2.24, 2.45) is 0 Å². The van der Waals surface area contributed by atoms with E-state index in [-0.39, 0.29) is 6.10 Å². The molecule has 5 nitrogen and oxygen atoms in total. The Labute approximate surface area is 112 Å². The van der Waals surface area contributed by atoms with Crippen molar-refractivity contribution in [3.63, 3.8) is 0 Å². The van der Waals surface area contributed by atoms with Crippen LogP contribution in [0.2, 0.25) is 0 Å². The molecule has 1 aromatic carbocycles. The van der Waals surface area contributed by atoms with Crippen LogP contribution in [0.25, 0.3) is 11.5 Å². The first-order valence-corrected chi connectivity index (χ1v) is 6.56. The van der Waals surface area contributed by atoms with Crippen molar-refractivity contribution < 1.29 is 9.52 Å². The van der Waals surface area contributed by atoms with Gasteiger partial charge in [-0.25, -0.2) is 0 Å². The van der Waals surface area contributed by atoms with Crippen molar-refractivity contribution in [2.45, 2.75) is 32.4 Å². The van der Waals surface area contributed by atoms with E-state index in [1.54, 1.807) is 0 Å². The Hall–Kier alpha value is -1.72. The van der Waals surface area contributed by atoms with Crippen molar-refractivity contribution in [1.82, 2.24) is 15.5 Å². The third-order valence-corrected chi connectivity index (χ3v) is 2.89. The monoisotopic (exact) mass is 261 g/mol. The van der Waals surface area contributed by atoms with E-state index in [0.29, 0.717) is 18.3 Å². The molecule has 2 N–H and O–H groups in total. The summed E-state index contributed by atoms with van der Waals surface area (Å²) in [6.07, 6.45) is 1.27. The van der Waals surface area contributed by atoms with Gasteiger partial charge in [-0.3, -0.25) is 0 Å². The zero-order valence-electron chi connectivity index (χ0n) is 11.0. The summed E-state index contributed by atoms with van der Waals surface area (Å²) in [5, 5.41) is 20.6. The Morgan fingerprint density at radius 1 is 1.26 bits per heavy atom. The summed E-state index contributed by atoms with van der Waals surface area (Å²) in [6, 6.07) is 9.68. The molecule has 0 radical (unpaired) electrons. The molecule has 0 bridgehead atoms. The number of hydrogen-bond acceptors (Lipinski definition) is 5. The predicted molar refractivity (Wildman–Crippen MR) is 72.4 cm³/mol. The van der Waals surface area contributed by atoms with Gasteiger partial charge in [-0.15, -0.1) is 10.2 Å². The zero-order chi connectivity index (χ0) is 13.5. The fourth-order valence-electron chi connectivity index (χ4n) is 1.69. The summed E-state index contributed by atoms with van der Waals surface area (Å²) in [5.74, 6) is 1.09. The number of hydrogen-bond donors (Lipinski definition) is 2. The van der Waals surface area contributed by atoms with Crippen molar-refractivity contribution in [2.75, 3.05) is 6.54 Å². The lowest BCUT2D eigenvalue weighted by Crippen LogP contribution is -2.19. The number of aromatic nitrogens is 2. The van der Waals surface area contributed by atoms with Gasteiger partial charge in [0.15, 0.2) is 0 Å². The van der Waals surface area contributed by atoms with Crippen LogP contribution in [-0.2, 0) is 6.54 Å². The smallest absolute Gasteiger partial charge is 0.247 e. The number of nitrogens with zero attached hydrogens (tertiary/aromatic N) is 2. The van der Waals surface area contributed by atoms with Crippen LogP contribution in [0.15, 0.2) is 34.7 Å². The molecule has 0 saturated heterocycles. The van der Waals surface area contributed by atoms with Gasteiger partial charge in [-0.1, -0.05) is 25.1 Å². The lowest BCUT2D eigenvalue weighted by atomic mass is 10.2. The van der Waals surface area contributed by atoms with Gasteiger partial charge >= 0.3 is 0 Å². The highest BCUT2D eigenvalue weighted by Gasteiger charge is 2.07. The normalized spacial score (nSPS) is 12.5. The summed E-state index contributed by atoms with van der Waals surface area (Å²) in [6.45, 7) is 3.23. The average Bonchev–Trinajstić information content (AvgIpc) is 2.93. The first-order valence-electron chi connectivity index (χ1n) is 6.56. The number of rotatable bonds is 7. The third-order valence-electron chi connectivity index (χ3n) is 2.89. The Balaban J connectivity index is 1.82. The maximum Gasteiger partial charge on any atom is 0.247 e. The fourth-order valence-corrected chi connectivity index (χ4v) is 1.69. The van der Waals surface area contributed by atoms with E-state index in [0.717, 1.165) is 24.9 Å². The molecule has 1 unspecified atom stereocenters. The van der Waals surface area contributed by atoms with E-state index in [4.69, 9.17) is 4.42 Å². The number of aliphatic hydroxyl groups is 1. The molecule has 0 aliphatic heterocycles. The third kappa shape index (κ3) is 4.15. The lowest BCUT2D eigenvalue weighted by molar-refractivity contribution is 0.159. The van der Waals surface area contributed by atoms with Crippen molar-refractivity contribution >= 4 is 0 Å². The van der Waals surface area contributed by atoms with Gasteiger partial charge < -0.3 is 14.8 Å². The maximum atomic E-state index is 9.42. The first kappa shape index (κ1) is 13.7. The van der Waals surface area contributed by atoms with Crippen LogP contribution >= 0.6 is 0 Å². The summed E-state index contributed by atoms with van der Waals surface area (Å²) in [4.78, 5) is 0. The second-order valence-corrected chi connectivity index (χ2v) is 4.39. The highest BCUT2D eigenvalue weighted by atomic mass is 16.4. The Morgan fingerprint density at radius 2 is 2.05 bits per heavy atom. The molecular formula is C14H19N3O2. The molecule has 0 aliphatic rings. The van der Waals surface area contributed by atoms with E-state index in [9.17, 15) is 5.11 Å². The van der Waals surface area contributed by atoms with Gasteiger partial charge in [-0.2, -0.15) is 0 Å². The van der Waals surface area contributed by atoms with Crippen LogP contribution < -0.4 is 5.32 Å². The molecule has 1 atom stereocenters. The molecule has 0 saturated carbocycles. The van der Waals surface area contributed by atoms with Crippen LogP contribution in [0.4, 0.5) is 0 Å². The summed E-state index contributed by atoms with van der Waals surface area (Å²) in [5.41, 5.74) is 0.919. The molecule has 1 aromatic heterocycles. The molecule has 0 amide bonds. The number of benzene rings is 1. The maximum absolute atomic E-state index is 9.42. The van der Waals surface area contributed by atoms with Gasteiger partial charge in [0, 0.05) is 5.56 Å². The number of aliphatic hydroxyl groups excluding tert-OH is 1. The molecule has 1 heterocycles.